The van der Waals surface area contributed by atoms with Gasteiger partial charge in [0.15, 0.2) is 5.13 Å². The third-order valence-electron chi connectivity index (χ3n) is 5.28. The van der Waals surface area contributed by atoms with E-state index in [4.69, 9.17) is 16.3 Å². The van der Waals surface area contributed by atoms with Crippen molar-refractivity contribution in [3.05, 3.63) is 52.5 Å². The number of hydrogen-bond donors (Lipinski definition) is 1. The van der Waals surface area contributed by atoms with Crippen molar-refractivity contribution in [3.63, 3.8) is 0 Å². The van der Waals surface area contributed by atoms with Crippen LogP contribution >= 0.6 is 22.9 Å². The van der Waals surface area contributed by atoms with Gasteiger partial charge in [0.05, 0.1) is 21.2 Å². The van der Waals surface area contributed by atoms with Crippen LogP contribution < -0.4 is 5.32 Å². The lowest BCUT2D eigenvalue weighted by Crippen LogP contribution is -2.34. The van der Waals surface area contributed by atoms with Gasteiger partial charge in [-0.1, -0.05) is 22.9 Å². The number of carbonyl (C=O) groups excluding carboxylic acids is 1. The topological polar surface area (TPSA) is 88.6 Å². The van der Waals surface area contributed by atoms with Gasteiger partial charge in [-0.3, -0.25) is 10.1 Å². The van der Waals surface area contributed by atoms with Crippen LogP contribution in [0, 0.1) is 6.92 Å². The largest absolute Gasteiger partial charge is 0.377 e. The van der Waals surface area contributed by atoms with Crippen molar-refractivity contribution in [1.82, 2.24) is 9.29 Å². The number of benzene rings is 2. The second kappa shape index (κ2) is 8.84. The Morgan fingerprint density at radius 2 is 2.03 bits per heavy atom. The maximum atomic E-state index is 12.8. The van der Waals surface area contributed by atoms with Gasteiger partial charge >= 0.3 is 0 Å². The number of anilines is 1. The molecule has 1 unspecified atom stereocenters. The number of sulfonamides is 1. The van der Waals surface area contributed by atoms with E-state index in [9.17, 15) is 13.2 Å². The minimum atomic E-state index is -3.66. The van der Waals surface area contributed by atoms with E-state index in [2.05, 4.69) is 10.3 Å². The molecule has 0 radical (unpaired) electrons. The summed E-state index contributed by atoms with van der Waals surface area (Å²) in [6, 6.07) is 9.55. The Bertz CT molecular complexity index is 1220. The molecule has 10 heteroatoms. The molecule has 0 spiro atoms. The van der Waals surface area contributed by atoms with Crippen molar-refractivity contribution < 1.29 is 17.9 Å². The lowest BCUT2D eigenvalue weighted by molar-refractivity contribution is 0.0979. The van der Waals surface area contributed by atoms with Crippen LogP contribution in [0.3, 0.4) is 0 Å². The number of likely N-dealkylation sites (N-methyl/N-ethyl adjacent to an activating group) is 1. The Hall–Kier alpha value is -2.04. The van der Waals surface area contributed by atoms with Crippen molar-refractivity contribution in [2.75, 3.05) is 25.5 Å². The number of carbonyl (C=O) groups is 1. The normalized spacial score (nSPS) is 16.8. The van der Waals surface area contributed by atoms with Crippen molar-refractivity contribution >= 4 is 54.2 Å². The van der Waals surface area contributed by atoms with Crippen LogP contribution in [0.25, 0.3) is 10.2 Å². The van der Waals surface area contributed by atoms with Crippen LogP contribution in [0.2, 0.25) is 5.02 Å². The minimum absolute atomic E-state index is 0.0721. The number of fused-ring (bicyclic) bond motifs is 1. The number of hydrogen-bond acceptors (Lipinski definition) is 6. The fourth-order valence-corrected chi connectivity index (χ4v) is 5.73. The van der Waals surface area contributed by atoms with Gasteiger partial charge in [-0.25, -0.2) is 13.4 Å². The summed E-state index contributed by atoms with van der Waals surface area (Å²) in [5.41, 5.74) is 1.95. The van der Waals surface area contributed by atoms with Crippen molar-refractivity contribution in [3.8, 4) is 0 Å². The minimum Gasteiger partial charge on any atom is -0.377 e. The summed E-state index contributed by atoms with van der Waals surface area (Å²) < 4.78 is 33.4. The molecule has 4 rings (SSSR count). The fraction of sp³-hybridized carbons (Fsp3) is 0.333. The molecule has 3 aromatic rings. The monoisotopic (exact) mass is 479 g/mol. The molecule has 2 aromatic carbocycles. The summed E-state index contributed by atoms with van der Waals surface area (Å²) in [6.45, 7) is 2.86. The first-order valence-corrected chi connectivity index (χ1v) is 12.4. The van der Waals surface area contributed by atoms with Gasteiger partial charge < -0.3 is 4.74 Å². The molecule has 1 aromatic heterocycles. The van der Waals surface area contributed by atoms with Crippen LogP contribution in [0.4, 0.5) is 5.13 Å². The quantitative estimate of drug-likeness (QED) is 0.569. The number of aromatic nitrogens is 1. The highest BCUT2D eigenvalue weighted by Crippen LogP contribution is 2.32. The first-order chi connectivity index (χ1) is 14.8. The van der Waals surface area contributed by atoms with Crippen LogP contribution in [0.1, 0.15) is 28.8 Å². The molecule has 1 aliphatic rings. The van der Waals surface area contributed by atoms with Gasteiger partial charge in [0.2, 0.25) is 10.0 Å². The van der Waals surface area contributed by atoms with Gasteiger partial charge in [0, 0.05) is 30.8 Å². The van der Waals surface area contributed by atoms with E-state index in [1.165, 1.54) is 39.9 Å². The Labute approximate surface area is 190 Å². The summed E-state index contributed by atoms with van der Waals surface area (Å²) in [6.07, 6.45) is 1.73. The van der Waals surface area contributed by atoms with Crippen LogP contribution in [0.15, 0.2) is 41.3 Å². The molecular formula is C21H22ClN3O4S2. The second-order valence-corrected chi connectivity index (χ2v) is 10.9. The molecule has 7 nitrogen and oxygen atoms in total. The predicted molar refractivity (Wildman–Crippen MR) is 123 cm³/mol. The highest BCUT2D eigenvalue weighted by atomic mass is 35.5. The zero-order valence-electron chi connectivity index (χ0n) is 17.1. The van der Waals surface area contributed by atoms with E-state index >= 15 is 0 Å². The molecule has 1 amide bonds. The number of nitrogens with one attached hydrogen (secondary N) is 1. The van der Waals surface area contributed by atoms with E-state index < -0.39 is 10.0 Å². The van der Waals surface area contributed by atoms with Crippen LogP contribution in [-0.4, -0.2) is 49.9 Å². The molecule has 1 atom stereocenters. The van der Waals surface area contributed by atoms with Gasteiger partial charge in [0.25, 0.3) is 5.91 Å². The molecule has 1 saturated heterocycles. The van der Waals surface area contributed by atoms with Gasteiger partial charge in [-0.05, 0) is 61.7 Å². The molecule has 31 heavy (non-hydrogen) atoms. The zero-order chi connectivity index (χ0) is 22.2. The summed E-state index contributed by atoms with van der Waals surface area (Å²) in [5.74, 6) is -0.362. The average molecular weight is 480 g/mol. The second-order valence-electron chi connectivity index (χ2n) is 7.44. The van der Waals surface area contributed by atoms with Gasteiger partial charge in [-0.2, -0.15) is 4.31 Å². The molecule has 2 heterocycles. The maximum absolute atomic E-state index is 12.8. The SMILES string of the molecule is Cc1c(Cl)ccc2sc(NC(=O)c3ccc(S(=O)(=O)N(C)CC4CCCO4)cc3)nc12. The van der Waals surface area contributed by atoms with Crippen molar-refractivity contribution in [1.29, 1.82) is 0 Å². The molecule has 1 N–H and O–H groups in total. The summed E-state index contributed by atoms with van der Waals surface area (Å²) in [5, 5.41) is 3.85. The van der Waals surface area contributed by atoms with Crippen LogP contribution in [0.5, 0.6) is 0 Å². The zero-order valence-corrected chi connectivity index (χ0v) is 19.5. The Morgan fingerprint density at radius 1 is 1.29 bits per heavy atom. The number of ether oxygens (including phenoxy) is 1. The third-order valence-corrected chi connectivity index (χ3v) is 8.46. The summed E-state index contributed by atoms with van der Waals surface area (Å²) in [4.78, 5) is 17.2. The molecule has 0 saturated carbocycles. The summed E-state index contributed by atoms with van der Waals surface area (Å²) >= 11 is 7.49. The smallest absolute Gasteiger partial charge is 0.257 e. The molecule has 1 fully saturated rings. The predicted octanol–water partition coefficient (Wildman–Crippen LogP) is 4.31. The van der Waals surface area contributed by atoms with E-state index in [-0.39, 0.29) is 16.9 Å². The summed E-state index contributed by atoms with van der Waals surface area (Å²) in [7, 11) is -2.11. The highest BCUT2D eigenvalue weighted by molar-refractivity contribution is 7.89. The third kappa shape index (κ3) is 4.61. The first kappa shape index (κ1) is 22.2. The van der Waals surface area contributed by atoms with Gasteiger partial charge in [-0.15, -0.1) is 0 Å². The Balaban J connectivity index is 1.47. The lowest BCUT2D eigenvalue weighted by atomic mass is 10.2. The van der Waals surface area contributed by atoms with Crippen molar-refractivity contribution in [2.45, 2.75) is 30.8 Å². The number of amides is 1. The maximum Gasteiger partial charge on any atom is 0.257 e. The fourth-order valence-electron chi connectivity index (χ4n) is 3.45. The van der Waals surface area contributed by atoms with Crippen molar-refractivity contribution in [2.24, 2.45) is 0 Å². The molecule has 164 valence electrons. The number of thiazole rings is 1. The molecule has 1 aliphatic heterocycles. The molecule has 0 aliphatic carbocycles. The number of halogens is 1. The lowest BCUT2D eigenvalue weighted by Gasteiger charge is -2.20. The van der Waals surface area contributed by atoms with Crippen LogP contribution in [-0.2, 0) is 14.8 Å². The van der Waals surface area contributed by atoms with E-state index in [0.29, 0.717) is 28.9 Å². The van der Waals surface area contributed by atoms with E-state index in [1.807, 2.05) is 13.0 Å². The van der Waals surface area contributed by atoms with E-state index in [1.54, 1.807) is 13.1 Å². The molecular weight excluding hydrogens is 458 g/mol. The van der Waals surface area contributed by atoms with Gasteiger partial charge in [0.1, 0.15) is 0 Å². The number of nitrogens with zero attached hydrogens (tertiary/aromatic N) is 2. The first-order valence-electron chi connectivity index (χ1n) is 9.80. The number of rotatable bonds is 6. The Kier molecular flexibility index (Phi) is 6.32. The number of aryl methyl sites for hydroxylation is 1. The standard InChI is InChI=1S/C21H22ClN3O4S2/c1-13-17(22)9-10-18-19(13)23-21(30-18)24-20(26)14-5-7-16(8-6-14)31(27,28)25(2)12-15-4-3-11-29-15/h5-10,15H,3-4,11-12H2,1-2H3,(H,23,24,26). The van der Waals surface area contributed by atoms with E-state index in [0.717, 1.165) is 28.6 Å². The molecule has 0 bridgehead atoms. The highest BCUT2D eigenvalue weighted by Gasteiger charge is 2.26. The average Bonchev–Trinajstić information content (AvgIpc) is 3.41. The Morgan fingerprint density at radius 3 is 2.71 bits per heavy atom.